The largest absolute Gasteiger partial charge is 0.598 e. The first-order chi connectivity index (χ1) is 14.6. The van der Waals surface area contributed by atoms with E-state index in [1.165, 1.54) is 29.2 Å². The Bertz CT molecular complexity index is 884. The molecule has 0 bridgehead atoms. The highest BCUT2D eigenvalue weighted by atomic mass is 32.2. The molecule has 0 spiro atoms. The number of halogens is 1. The summed E-state index contributed by atoms with van der Waals surface area (Å²) in [6, 6.07) is 5.69. The average molecular weight is 491 g/mol. The molecule has 2 N–H and O–H groups in total. The van der Waals surface area contributed by atoms with Gasteiger partial charge in [-0.25, -0.2) is 17.6 Å². The predicted molar refractivity (Wildman–Crippen MR) is 124 cm³/mol. The number of hydrogen-bond acceptors (Lipinski definition) is 5. The molecular formula is C22H35FN2O5S2. The molecule has 5 atom stereocenters. The molecule has 1 saturated heterocycles. The zero-order chi connectivity index (χ0) is 24.5. The molecule has 7 nitrogen and oxygen atoms in total. The third-order valence-corrected chi connectivity index (χ3v) is 9.26. The van der Waals surface area contributed by atoms with Crippen LogP contribution >= 0.6 is 0 Å². The van der Waals surface area contributed by atoms with Crippen LogP contribution in [-0.2, 0) is 21.2 Å². The molecule has 1 amide bonds. The molecule has 0 radical (unpaired) electrons. The number of carbonyl (C=O) groups is 1. The summed E-state index contributed by atoms with van der Waals surface area (Å²) in [4.78, 5) is 13.0. The lowest BCUT2D eigenvalue weighted by Gasteiger charge is -2.46. The van der Waals surface area contributed by atoms with Crippen molar-refractivity contribution in [3.8, 4) is 0 Å². The molecule has 182 valence electrons. The Morgan fingerprint density at radius 3 is 2.25 bits per heavy atom. The van der Waals surface area contributed by atoms with Gasteiger partial charge < -0.3 is 14.6 Å². The zero-order valence-corrected chi connectivity index (χ0v) is 21.2. The van der Waals surface area contributed by atoms with Crippen LogP contribution in [0.15, 0.2) is 35.2 Å². The van der Waals surface area contributed by atoms with Crippen LogP contribution in [0.1, 0.15) is 54.4 Å². The van der Waals surface area contributed by atoms with E-state index < -0.39 is 61.0 Å². The van der Waals surface area contributed by atoms with Gasteiger partial charge in [0.05, 0.1) is 4.90 Å². The summed E-state index contributed by atoms with van der Waals surface area (Å²) >= 11 is -1.72. The van der Waals surface area contributed by atoms with Gasteiger partial charge in [0.1, 0.15) is 10.8 Å². The summed E-state index contributed by atoms with van der Waals surface area (Å²) in [5.41, 5.74) is -2.77. The van der Waals surface area contributed by atoms with E-state index in [0.29, 0.717) is 0 Å². The van der Waals surface area contributed by atoms with E-state index in [1.807, 2.05) is 20.8 Å². The van der Waals surface area contributed by atoms with E-state index >= 15 is 4.39 Å². The van der Waals surface area contributed by atoms with Gasteiger partial charge in [-0.15, -0.1) is 4.72 Å². The van der Waals surface area contributed by atoms with Gasteiger partial charge in [-0.2, -0.15) is 0 Å². The van der Waals surface area contributed by atoms with Crippen molar-refractivity contribution in [2.45, 2.75) is 81.6 Å². The van der Waals surface area contributed by atoms with E-state index in [-0.39, 0.29) is 24.3 Å². The highest BCUT2D eigenvalue weighted by Gasteiger charge is 2.48. The maximum atomic E-state index is 15.8. The smallest absolute Gasteiger partial charge is 0.407 e. The Kier molecular flexibility index (Phi) is 8.29. The first-order valence-corrected chi connectivity index (χ1v) is 13.4. The normalized spacial score (nSPS) is 23.4. The van der Waals surface area contributed by atoms with Crippen LogP contribution in [0.3, 0.4) is 0 Å². The molecule has 4 unspecified atom stereocenters. The van der Waals surface area contributed by atoms with E-state index in [1.54, 1.807) is 26.8 Å². The number of amides is 1. The number of rotatable bonds is 6. The van der Waals surface area contributed by atoms with Crippen molar-refractivity contribution in [1.29, 1.82) is 0 Å². The summed E-state index contributed by atoms with van der Waals surface area (Å²) in [7, 11) is -4.35. The van der Waals surface area contributed by atoms with Crippen molar-refractivity contribution in [2.75, 3.05) is 6.54 Å². The molecule has 32 heavy (non-hydrogen) atoms. The van der Waals surface area contributed by atoms with Crippen LogP contribution in [-0.4, -0.2) is 57.9 Å². The van der Waals surface area contributed by atoms with Gasteiger partial charge in [0.2, 0.25) is 15.3 Å². The number of nitrogens with zero attached hydrogens (tertiary/aromatic N) is 1. The minimum absolute atomic E-state index is 0.142. The Morgan fingerprint density at radius 2 is 1.78 bits per heavy atom. The first kappa shape index (κ1) is 26.9. The van der Waals surface area contributed by atoms with Gasteiger partial charge in [0, 0.05) is 23.9 Å². The Balaban J connectivity index is 2.44. The number of nitrogens with one attached hydrogen (secondary N) is 1. The van der Waals surface area contributed by atoms with Gasteiger partial charge >= 0.3 is 6.09 Å². The van der Waals surface area contributed by atoms with Crippen LogP contribution in [0.4, 0.5) is 9.18 Å². The molecule has 1 aromatic rings. The summed E-state index contributed by atoms with van der Waals surface area (Å²) in [6.45, 7) is 11.0. The second-order valence-electron chi connectivity index (χ2n) is 10.4. The van der Waals surface area contributed by atoms with E-state index in [0.717, 1.165) is 0 Å². The van der Waals surface area contributed by atoms with Gasteiger partial charge in [-0.1, -0.05) is 39.0 Å². The summed E-state index contributed by atoms with van der Waals surface area (Å²) in [6.07, 6.45) is -0.526. The zero-order valence-electron chi connectivity index (χ0n) is 19.5. The van der Waals surface area contributed by atoms with E-state index in [2.05, 4.69) is 4.72 Å². The van der Waals surface area contributed by atoms with Crippen LogP contribution in [0.25, 0.3) is 0 Å². The van der Waals surface area contributed by atoms with Gasteiger partial charge in [0.25, 0.3) is 0 Å². The van der Waals surface area contributed by atoms with Crippen molar-refractivity contribution >= 4 is 27.3 Å². The molecule has 1 aliphatic heterocycles. The third-order valence-electron chi connectivity index (χ3n) is 5.85. The Labute approximate surface area is 194 Å². The molecule has 10 heteroatoms. The molecule has 1 aliphatic rings. The number of alkyl halides is 1. The van der Waals surface area contributed by atoms with Crippen LogP contribution in [0.2, 0.25) is 0 Å². The second kappa shape index (κ2) is 9.87. The van der Waals surface area contributed by atoms with Gasteiger partial charge in [-0.05, 0) is 57.1 Å². The number of piperidine rings is 1. The number of benzene rings is 1. The molecular weight excluding hydrogens is 455 g/mol. The molecule has 0 saturated carbocycles. The maximum Gasteiger partial charge on any atom is 0.407 e. The third kappa shape index (κ3) is 6.15. The Hall–Kier alpha value is -1.36. The minimum atomic E-state index is -4.35. The topological polar surface area (TPSA) is 110 Å². The average Bonchev–Trinajstić information content (AvgIpc) is 2.70. The first-order valence-electron chi connectivity index (χ1n) is 10.7. The lowest BCUT2D eigenvalue weighted by Crippen LogP contribution is -2.58. The van der Waals surface area contributed by atoms with Crippen molar-refractivity contribution in [1.82, 2.24) is 9.62 Å². The summed E-state index contributed by atoms with van der Waals surface area (Å²) in [5.74, 6) is -0.519. The SMILES string of the molecule is CC(C)(C)C1CC([C@@H](N[S+]([O-])C(C)(C)C)C(F)S(=O)(=O)c2ccccc2)CCN1C(=O)O. The number of hydrogen-bond donors (Lipinski definition) is 2. The molecule has 1 fully saturated rings. The minimum Gasteiger partial charge on any atom is -0.598 e. The number of carboxylic acid groups (broad SMARTS) is 1. The molecule has 1 heterocycles. The lowest BCUT2D eigenvalue weighted by atomic mass is 9.75. The highest BCUT2D eigenvalue weighted by molar-refractivity contribution is 7.92. The van der Waals surface area contributed by atoms with Crippen LogP contribution in [0.5, 0.6) is 0 Å². The molecule has 0 aromatic heterocycles. The van der Waals surface area contributed by atoms with E-state index in [9.17, 15) is 22.9 Å². The van der Waals surface area contributed by atoms with Crippen LogP contribution < -0.4 is 4.72 Å². The standard InChI is InChI=1S/C22H35FN2O5S2/c1-21(2,3)17-14-15(12-13-25(17)20(26)27)18(24-31(28)22(4,5)6)19(23)32(29,30)16-10-8-7-9-11-16/h7-11,15,17-19,24H,12-14H2,1-6H3,(H,26,27)/t15?,17?,18-,19?,31?/m1/s1. The predicted octanol–water partition coefficient (Wildman–Crippen LogP) is 3.98. The van der Waals surface area contributed by atoms with Crippen LogP contribution in [0, 0.1) is 11.3 Å². The maximum absolute atomic E-state index is 15.8. The molecule has 2 rings (SSSR count). The molecule has 0 aliphatic carbocycles. The fraction of sp³-hybridized carbons (Fsp3) is 0.682. The molecule has 1 aromatic carbocycles. The van der Waals surface area contributed by atoms with Crippen molar-refractivity contribution in [2.24, 2.45) is 11.3 Å². The highest BCUT2D eigenvalue weighted by Crippen LogP contribution is 2.38. The monoisotopic (exact) mass is 490 g/mol. The van der Waals surface area contributed by atoms with E-state index in [4.69, 9.17) is 0 Å². The van der Waals surface area contributed by atoms with Gasteiger partial charge in [-0.3, -0.25) is 0 Å². The summed E-state index contributed by atoms with van der Waals surface area (Å²) in [5, 5.41) is 9.63. The number of likely N-dealkylation sites (tertiary alicyclic amines) is 1. The van der Waals surface area contributed by atoms with Crippen molar-refractivity contribution in [3.63, 3.8) is 0 Å². The Morgan fingerprint density at radius 1 is 1.22 bits per heavy atom. The fourth-order valence-electron chi connectivity index (χ4n) is 3.97. The second-order valence-corrected chi connectivity index (χ2v) is 14.4. The lowest BCUT2D eigenvalue weighted by molar-refractivity contribution is 0.0305. The quantitative estimate of drug-likeness (QED) is 0.584. The fourth-order valence-corrected chi connectivity index (χ4v) is 6.44. The van der Waals surface area contributed by atoms with Crippen molar-refractivity contribution in [3.05, 3.63) is 30.3 Å². The summed E-state index contributed by atoms with van der Waals surface area (Å²) < 4.78 is 56.9. The number of sulfone groups is 1. The van der Waals surface area contributed by atoms with Crippen molar-refractivity contribution < 1.29 is 27.3 Å². The van der Waals surface area contributed by atoms with Gasteiger partial charge in [0.15, 0.2) is 0 Å².